The van der Waals surface area contributed by atoms with E-state index < -0.39 is 5.82 Å². The van der Waals surface area contributed by atoms with Crippen LogP contribution in [0.15, 0.2) is 12.1 Å². The van der Waals surface area contributed by atoms with Crippen molar-refractivity contribution in [3.8, 4) is 0 Å². The van der Waals surface area contributed by atoms with Gasteiger partial charge in [0.05, 0.1) is 16.1 Å². The fraction of sp³-hybridized carbons (Fsp3) is 0.429. The Hall–Kier alpha value is -1.33. The van der Waals surface area contributed by atoms with Crippen molar-refractivity contribution < 1.29 is 9.18 Å². The van der Waals surface area contributed by atoms with Crippen LogP contribution in [0.1, 0.15) is 25.1 Å². The molecular formula is C14H16Cl2FN3O. The lowest BCUT2D eigenvalue weighted by Gasteiger charge is -2.08. The van der Waals surface area contributed by atoms with Crippen molar-refractivity contribution >= 4 is 40.1 Å². The van der Waals surface area contributed by atoms with Crippen molar-refractivity contribution in [1.82, 2.24) is 9.55 Å². The summed E-state index contributed by atoms with van der Waals surface area (Å²) in [5.41, 5.74) is 6.46. The van der Waals surface area contributed by atoms with E-state index >= 15 is 0 Å². The van der Waals surface area contributed by atoms with Crippen LogP contribution in [-0.4, -0.2) is 21.3 Å². The van der Waals surface area contributed by atoms with Gasteiger partial charge in [-0.3, -0.25) is 4.79 Å². The van der Waals surface area contributed by atoms with Crippen molar-refractivity contribution in [2.75, 3.05) is 5.88 Å². The van der Waals surface area contributed by atoms with Gasteiger partial charge in [-0.05, 0) is 18.9 Å². The fourth-order valence-electron chi connectivity index (χ4n) is 2.26. The summed E-state index contributed by atoms with van der Waals surface area (Å²) in [6, 6.07) is 2.90. The molecule has 0 saturated heterocycles. The number of amides is 1. The molecule has 7 heteroatoms. The van der Waals surface area contributed by atoms with Gasteiger partial charge in [0.2, 0.25) is 5.91 Å². The molecule has 1 amide bonds. The number of carbonyl (C=O) groups excluding carboxylic acids is 1. The first-order valence-electron chi connectivity index (χ1n) is 6.71. The summed E-state index contributed by atoms with van der Waals surface area (Å²) in [5.74, 6) is 0.436. The van der Waals surface area contributed by atoms with E-state index in [1.807, 2.05) is 4.57 Å². The molecule has 2 rings (SSSR count). The summed E-state index contributed by atoms with van der Waals surface area (Å²) in [6.45, 7) is 0.636. The SMILES string of the molecule is NC(=O)CCCCn1c(CCCl)nc2cc(Cl)c(F)cc21. The van der Waals surface area contributed by atoms with Gasteiger partial charge in [-0.1, -0.05) is 11.6 Å². The number of nitrogens with zero attached hydrogens (tertiary/aromatic N) is 2. The zero-order chi connectivity index (χ0) is 15.4. The average Bonchev–Trinajstić information content (AvgIpc) is 2.73. The summed E-state index contributed by atoms with van der Waals surface area (Å²) in [4.78, 5) is 15.2. The minimum absolute atomic E-state index is 0.0540. The molecule has 2 N–H and O–H groups in total. The zero-order valence-corrected chi connectivity index (χ0v) is 12.9. The minimum Gasteiger partial charge on any atom is -0.370 e. The van der Waals surface area contributed by atoms with E-state index in [-0.39, 0.29) is 10.9 Å². The Balaban J connectivity index is 2.27. The van der Waals surface area contributed by atoms with Crippen molar-refractivity contribution in [2.45, 2.75) is 32.2 Å². The van der Waals surface area contributed by atoms with Crippen LogP contribution in [0.2, 0.25) is 5.02 Å². The van der Waals surface area contributed by atoms with Crippen molar-refractivity contribution in [1.29, 1.82) is 0 Å². The molecule has 1 aromatic heterocycles. The Morgan fingerprint density at radius 3 is 2.81 bits per heavy atom. The van der Waals surface area contributed by atoms with Crippen LogP contribution in [-0.2, 0) is 17.8 Å². The lowest BCUT2D eigenvalue weighted by atomic mass is 10.2. The predicted molar refractivity (Wildman–Crippen MR) is 82.2 cm³/mol. The Morgan fingerprint density at radius 2 is 2.14 bits per heavy atom. The molecule has 0 saturated carbocycles. The smallest absolute Gasteiger partial charge is 0.217 e. The summed E-state index contributed by atoms with van der Waals surface area (Å²) >= 11 is 11.6. The molecule has 0 spiro atoms. The lowest BCUT2D eigenvalue weighted by molar-refractivity contribution is -0.118. The largest absolute Gasteiger partial charge is 0.370 e. The maximum atomic E-state index is 13.7. The molecule has 0 aliphatic heterocycles. The standard InChI is InChI=1S/C14H16Cl2FN3O/c15-5-4-14-19-11-7-9(16)10(17)8-12(11)20(14)6-2-1-3-13(18)21/h7-8H,1-6H2,(H2,18,21). The van der Waals surface area contributed by atoms with Crippen LogP contribution < -0.4 is 5.73 Å². The molecule has 114 valence electrons. The summed E-state index contributed by atoms with van der Waals surface area (Å²) in [5, 5.41) is 0.0540. The van der Waals surface area contributed by atoms with E-state index in [0.717, 1.165) is 12.2 Å². The molecule has 0 radical (unpaired) electrons. The van der Waals surface area contributed by atoms with Crippen molar-refractivity contribution in [3.63, 3.8) is 0 Å². The Morgan fingerprint density at radius 1 is 1.38 bits per heavy atom. The van der Waals surface area contributed by atoms with Gasteiger partial charge >= 0.3 is 0 Å². The maximum absolute atomic E-state index is 13.7. The summed E-state index contributed by atoms with van der Waals surface area (Å²) in [7, 11) is 0. The topological polar surface area (TPSA) is 60.9 Å². The number of rotatable bonds is 7. The highest BCUT2D eigenvalue weighted by Crippen LogP contribution is 2.24. The first-order valence-corrected chi connectivity index (χ1v) is 7.62. The molecule has 0 unspecified atom stereocenters. The van der Waals surface area contributed by atoms with E-state index in [2.05, 4.69) is 4.98 Å². The molecule has 0 aliphatic rings. The highest BCUT2D eigenvalue weighted by molar-refractivity contribution is 6.31. The number of alkyl halides is 1. The average molecular weight is 332 g/mol. The predicted octanol–water partition coefficient (Wildman–Crippen LogP) is 3.27. The number of imidazole rings is 1. The first-order chi connectivity index (χ1) is 10.0. The Labute approximate surface area is 132 Å². The number of hydrogen-bond donors (Lipinski definition) is 1. The molecule has 1 heterocycles. The number of halogens is 3. The highest BCUT2D eigenvalue weighted by Gasteiger charge is 2.13. The molecule has 4 nitrogen and oxygen atoms in total. The molecular weight excluding hydrogens is 316 g/mol. The molecule has 0 atom stereocenters. The number of aromatic nitrogens is 2. The van der Waals surface area contributed by atoms with Crippen LogP contribution >= 0.6 is 23.2 Å². The van der Waals surface area contributed by atoms with Crippen LogP contribution in [0.4, 0.5) is 4.39 Å². The second-order valence-corrected chi connectivity index (χ2v) is 5.58. The van der Waals surface area contributed by atoms with Crippen molar-refractivity contribution in [2.24, 2.45) is 5.73 Å². The highest BCUT2D eigenvalue weighted by atomic mass is 35.5. The van der Waals surface area contributed by atoms with Gasteiger partial charge in [-0.25, -0.2) is 9.37 Å². The molecule has 0 fully saturated rings. The number of nitrogens with two attached hydrogens (primary N) is 1. The van der Waals surface area contributed by atoms with Crippen LogP contribution in [0.25, 0.3) is 11.0 Å². The van der Waals surface area contributed by atoms with Crippen LogP contribution in [0.5, 0.6) is 0 Å². The molecule has 0 bridgehead atoms. The zero-order valence-electron chi connectivity index (χ0n) is 11.4. The lowest BCUT2D eigenvalue weighted by Crippen LogP contribution is -2.11. The summed E-state index contributed by atoms with van der Waals surface area (Å²) in [6.07, 6.45) is 2.38. The second-order valence-electron chi connectivity index (χ2n) is 4.80. The number of hydrogen-bond acceptors (Lipinski definition) is 2. The number of aryl methyl sites for hydroxylation is 2. The number of fused-ring (bicyclic) bond motifs is 1. The second kappa shape index (κ2) is 7.09. The normalized spacial score (nSPS) is 11.2. The Bertz CT molecular complexity index is 657. The third-order valence-corrected chi connectivity index (χ3v) is 3.72. The van der Waals surface area contributed by atoms with Crippen LogP contribution in [0, 0.1) is 5.82 Å². The van der Waals surface area contributed by atoms with E-state index in [0.29, 0.717) is 42.7 Å². The van der Waals surface area contributed by atoms with Gasteiger partial charge in [0.15, 0.2) is 0 Å². The van der Waals surface area contributed by atoms with Gasteiger partial charge < -0.3 is 10.3 Å². The van der Waals surface area contributed by atoms with Gasteiger partial charge in [0.25, 0.3) is 0 Å². The van der Waals surface area contributed by atoms with E-state index in [1.165, 1.54) is 12.1 Å². The third kappa shape index (κ3) is 3.86. The van der Waals surface area contributed by atoms with E-state index in [1.54, 1.807) is 0 Å². The third-order valence-electron chi connectivity index (χ3n) is 3.24. The molecule has 21 heavy (non-hydrogen) atoms. The Kier molecular flexibility index (Phi) is 5.42. The number of unbranched alkanes of at least 4 members (excludes halogenated alkanes) is 1. The van der Waals surface area contributed by atoms with Crippen LogP contribution in [0.3, 0.4) is 0 Å². The van der Waals surface area contributed by atoms with Gasteiger partial charge in [0, 0.05) is 31.3 Å². The van der Waals surface area contributed by atoms with Crippen molar-refractivity contribution in [3.05, 3.63) is 28.8 Å². The number of carbonyl (C=O) groups is 1. The number of benzene rings is 1. The first kappa shape index (κ1) is 16.0. The van der Waals surface area contributed by atoms with E-state index in [9.17, 15) is 9.18 Å². The maximum Gasteiger partial charge on any atom is 0.217 e. The fourth-order valence-corrected chi connectivity index (χ4v) is 2.59. The molecule has 0 aliphatic carbocycles. The molecule has 1 aromatic carbocycles. The van der Waals surface area contributed by atoms with Gasteiger partial charge in [-0.15, -0.1) is 11.6 Å². The monoisotopic (exact) mass is 331 g/mol. The van der Waals surface area contributed by atoms with E-state index in [4.69, 9.17) is 28.9 Å². The molecule has 2 aromatic rings. The number of primary amides is 1. The van der Waals surface area contributed by atoms with Gasteiger partial charge in [0.1, 0.15) is 11.6 Å². The van der Waals surface area contributed by atoms with Gasteiger partial charge in [-0.2, -0.15) is 0 Å². The summed E-state index contributed by atoms with van der Waals surface area (Å²) < 4.78 is 15.6. The quantitative estimate of drug-likeness (QED) is 0.625. The minimum atomic E-state index is -0.472.